The molecule has 94 valence electrons. The average molecular weight is 248 g/mol. The van der Waals surface area contributed by atoms with Gasteiger partial charge in [-0.2, -0.15) is 0 Å². The van der Waals surface area contributed by atoms with Crippen LogP contribution in [0.3, 0.4) is 0 Å². The molecule has 4 nitrogen and oxygen atoms in total. The molecule has 2 rings (SSSR count). The Morgan fingerprint density at radius 2 is 2.22 bits per heavy atom. The number of aromatic carboxylic acids is 1. The van der Waals surface area contributed by atoms with Gasteiger partial charge in [-0.1, -0.05) is 0 Å². The third-order valence-corrected chi connectivity index (χ3v) is 2.59. The molecule has 0 radical (unpaired) electrons. The van der Waals surface area contributed by atoms with Crippen molar-refractivity contribution in [3.8, 4) is 0 Å². The van der Waals surface area contributed by atoms with Crippen molar-refractivity contribution in [3.05, 3.63) is 53.6 Å². The van der Waals surface area contributed by atoms with E-state index in [0.717, 1.165) is 11.6 Å². The number of benzene rings is 1. The summed E-state index contributed by atoms with van der Waals surface area (Å²) >= 11 is 0. The van der Waals surface area contributed by atoms with Gasteiger partial charge in [0.2, 0.25) is 0 Å². The minimum atomic E-state index is -1.27. The first-order valence-electron chi connectivity index (χ1n) is 5.44. The van der Waals surface area contributed by atoms with Gasteiger partial charge in [-0.25, -0.2) is 9.18 Å². The molecule has 0 aliphatic rings. The van der Waals surface area contributed by atoms with Crippen molar-refractivity contribution in [2.75, 3.05) is 5.32 Å². The third-order valence-electron chi connectivity index (χ3n) is 2.59. The van der Waals surface area contributed by atoms with Gasteiger partial charge in [0.05, 0.1) is 5.56 Å². The van der Waals surface area contributed by atoms with Crippen molar-refractivity contribution >= 4 is 11.7 Å². The zero-order valence-corrected chi connectivity index (χ0v) is 9.85. The number of carbonyl (C=O) groups is 1. The Bertz CT molecular complexity index is 578. The van der Waals surface area contributed by atoms with E-state index in [0.29, 0.717) is 12.2 Å². The number of anilines is 1. The molecule has 2 N–H and O–H groups in total. The fourth-order valence-electron chi connectivity index (χ4n) is 1.67. The van der Waals surface area contributed by atoms with E-state index >= 15 is 0 Å². The fourth-order valence-corrected chi connectivity index (χ4v) is 1.67. The van der Waals surface area contributed by atoms with Gasteiger partial charge in [0.1, 0.15) is 5.82 Å². The highest BCUT2D eigenvalue weighted by atomic mass is 19.1. The Morgan fingerprint density at radius 3 is 2.83 bits per heavy atom. The lowest BCUT2D eigenvalue weighted by Gasteiger charge is -2.06. The largest absolute Gasteiger partial charge is 0.478 e. The van der Waals surface area contributed by atoms with E-state index in [9.17, 15) is 9.18 Å². The van der Waals surface area contributed by atoms with Gasteiger partial charge < -0.3 is 15.0 Å². The van der Waals surface area contributed by atoms with Crippen molar-refractivity contribution in [2.24, 2.45) is 7.05 Å². The normalized spacial score (nSPS) is 10.3. The number of nitrogens with one attached hydrogen (secondary N) is 1. The van der Waals surface area contributed by atoms with Gasteiger partial charge in [0.15, 0.2) is 0 Å². The molecule has 0 aliphatic heterocycles. The minimum Gasteiger partial charge on any atom is -0.478 e. The topological polar surface area (TPSA) is 54.3 Å². The number of hydrogen-bond acceptors (Lipinski definition) is 2. The summed E-state index contributed by atoms with van der Waals surface area (Å²) in [5.41, 5.74) is 1.32. The number of halogens is 1. The zero-order valence-electron chi connectivity index (χ0n) is 9.85. The van der Waals surface area contributed by atoms with Crippen LogP contribution in [0.25, 0.3) is 0 Å². The highest BCUT2D eigenvalue weighted by Gasteiger charge is 2.10. The molecule has 1 aromatic heterocycles. The van der Waals surface area contributed by atoms with Gasteiger partial charge in [-0.05, 0) is 29.8 Å². The van der Waals surface area contributed by atoms with Crippen molar-refractivity contribution in [1.82, 2.24) is 4.57 Å². The molecule has 0 fully saturated rings. The lowest BCUT2D eigenvalue weighted by atomic mass is 10.2. The van der Waals surface area contributed by atoms with Crippen LogP contribution in [-0.2, 0) is 13.6 Å². The molecule has 0 saturated heterocycles. The van der Waals surface area contributed by atoms with Crippen LogP contribution < -0.4 is 5.32 Å². The van der Waals surface area contributed by atoms with Crippen LogP contribution in [-0.4, -0.2) is 15.6 Å². The van der Waals surface area contributed by atoms with E-state index in [1.807, 2.05) is 30.1 Å². The summed E-state index contributed by atoms with van der Waals surface area (Å²) in [6.07, 6.45) is 3.87. The monoisotopic (exact) mass is 248 g/mol. The summed E-state index contributed by atoms with van der Waals surface area (Å²) in [6.45, 7) is 0.561. The van der Waals surface area contributed by atoms with Crippen molar-refractivity contribution in [2.45, 2.75) is 6.54 Å². The Labute approximate surface area is 104 Å². The number of nitrogens with zero attached hydrogens (tertiary/aromatic N) is 1. The number of carboxylic acid groups (broad SMARTS) is 1. The SMILES string of the molecule is Cn1ccc(CNc2ccc(F)c(C(=O)O)c2)c1. The van der Waals surface area contributed by atoms with E-state index in [2.05, 4.69) is 5.32 Å². The predicted octanol–water partition coefficient (Wildman–Crippen LogP) is 2.47. The van der Waals surface area contributed by atoms with Crippen LogP contribution in [0.2, 0.25) is 0 Å². The lowest BCUT2D eigenvalue weighted by Crippen LogP contribution is -2.04. The van der Waals surface area contributed by atoms with Crippen LogP contribution in [0, 0.1) is 5.82 Å². The van der Waals surface area contributed by atoms with E-state index in [1.165, 1.54) is 12.1 Å². The summed E-state index contributed by atoms with van der Waals surface area (Å²) in [6, 6.07) is 5.91. The van der Waals surface area contributed by atoms with Crippen LogP contribution in [0.15, 0.2) is 36.7 Å². The van der Waals surface area contributed by atoms with Gasteiger partial charge in [-0.15, -0.1) is 0 Å². The summed E-state index contributed by atoms with van der Waals surface area (Å²) in [5, 5.41) is 11.9. The van der Waals surface area contributed by atoms with E-state index in [-0.39, 0.29) is 5.56 Å². The molecule has 1 heterocycles. The number of carboxylic acids is 1. The number of rotatable bonds is 4. The number of hydrogen-bond donors (Lipinski definition) is 2. The zero-order chi connectivity index (χ0) is 13.1. The van der Waals surface area contributed by atoms with Crippen molar-refractivity contribution < 1.29 is 14.3 Å². The molecule has 0 spiro atoms. The fraction of sp³-hybridized carbons (Fsp3) is 0.154. The van der Waals surface area contributed by atoms with E-state index in [4.69, 9.17) is 5.11 Å². The molecule has 0 aliphatic carbocycles. The van der Waals surface area contributed by atoms with E-state index < -0.39 is 11.8 Å². The second-order valence-corrected chi connectivity index (χ2v) is 4.04. The highest BCUT2D eigenvalue weighted by molar-refractivity contribution is 5.89. The summed E-state index contributed by atoms with van der Waals surface area (Å²) < 4.78 is 15.1. The first-order valence-corrected chi connectivity index (χ1v) is 5.44. The van der Waals surface area contributed by atoms with Gasteiger partial charge in [0.25, 0.3) is 0 Å². The second kappa shape index (κ2) is 4.91. The average Bonchev–Trinajstić information content (AvgIpc) is 2.74. The molecular formula is C13H13FN2O2. The third kappa shape index (κ3) is 2.68. The van der Waals surface area contributed by atoms with E-state index in [1.54, 1.807) is 0 Å². The summed E-state index contributed by atoms with van der Waals surface area (Å²) in [5.74, 6) is -2.00. The van der Waals surface area contributed by atoms with Crippen molar-refractivity contribution in [3.63, 3.8) is 0 Å². The molecular weight excluding hydrogens is 235 g/mol. The van der Waals surface area contributed by atoms with Crippen LogP contribution in [0.5, 0.6) is 0 Å². The molecule has 0 bridgehead atoms. The minimum absolute atomic E-state index is 0.326. The van der Waals surface area contributed by atoms with Crippen LogP contribution in [0.1, 0.15) is 15.9 Å². The maximum atomic E-state index is 13.2. The van der Waals surface area contributed by atoms with Gasteiger partial charge in [0, 0.05) is 31.7 Å². The Balaban J connectivity index is 2.10. The second-order valence-electron chi connectivity index (χ2n) is 4.04. The van der Waals surface area contributed by atoms with Crippen LogP contribution >= 0.6 is 0 Å². The predicted molar refractivity (Wildman–Crippen MR) is 66.1 cm³/mol. The number of aromatic nitrogens is 1. The van der Waals surface area contributed by atoms with Gasteiger partial charge in [-0.3, -0.25) is 0 Å². The Hall–Kier alpha value is -2.30. The summed E-state index contributed by atoms with van der Waals surface area (Å²) in [7, 11) is 1.92. The van der Waals surface area contributed by atoms with Crippen LogP contribution in [0.4, 0.5) is 10.1 Å². The molecule has 5 heteroatoms. The lowest BCUT2D eigenvalue weighted by molar-refractivity contribution is 0.0692. The highest BCUT2D eigenvalue weighted by Crippen LogP contribution is 2.15. The summed E-state index contributed by atoms with van der Waals surface area (Å²) in [4.78, 5) is 10.8. The van der Waals surface area contributed by atoms with Gasteiger partial charge >= 0.3 is 5.97 Å². The standard InChI is InChI=1S/C13H13FN2O2/c1-16-5-4-9(8-16)7-15-10-2-3-12(14)11(6-10)13(17)18/h2-6,8,15H,7H2,1H3,(H,17,18). The first-order chi connectivity index (χ1) is 8.56. The molecule has 18 heavy (non-hydrogen) atoms. The first kappa shape index (κ1) is 12.2. The molecule has 0 amide bonds. The smallest absolute Gasteiger partial charge is 0.338 e. The van der Waals surface area contributed by atoms with Crippen molar-refractivity contribution in [1.29, 1.82) is 0 Å². The maximum absolute atomic E-state index is 13.2. The molecule has 2 aromatic rings. The molecule has 1 aromatic carbocycles. The maximum Gasteiger partial charge on any atom is 0.338 e. The number of aryl methyl sites for hydroxylation is 1. The quantitative estimate of drug-likeness (QED) is 0.874. The molecule has 0 atom stereocenters. The Kier molecular flexibility index (Phi) is 3.32. The molecule has 0 unspecified atom stereocenters. The molecule has 0 saturated carbocycles. The Morgan fingerprint density at radius 1 is 1.44 bits per heavy atom.